The minimum atomic E-state index is -0.0807. The van der Waals surface area contributed by atoms with Crippen molar-refractivity contribution in [3.63, 3.8) is 0 Å². The standard InChI is InChI=1S/C24H20ClN3O2S/c1-30-19-9-5-6-16(12-19)14-26-22(29)15-31-24-20-13-18(25)10-11-21(20)27-23(28-24)17-7-3-2-4-8-17/h2-13H,14-15H2,1H3,(H,26,29). The van der Waals surface area contributed by atoms with Crippen molar-refractivity contribution in [2.45, 2.75) is 11.6 Å². The molecule has 0 aliphatic rings. The highest BCUT2D eigenvalue weighted by Crippen LogP contribution is 2.30. The molecule has 0 spiro atoms. The molecule has 0 saturated heterocycles. The van der Waals surface area contributed by atoms with E-state index in [1.165, 1.54) is 11.8 Å². The fraction of sp³-hybridized carbons (Fsp3) is 0.125. The van der Waals surface area contributed by atoms with Crippen molar-refractivity contribution in [3.05, 3.63) is 83.4 Å². The van der Waals surface area contributed by atoms with Crippen molar-refractivity contribution in [1.82, 2.24) is 15.3 Å². The third-order valence-corrected chi connectivity index (χ3v) is 5.84. The van der Waals surface area contributed by atoms with Crippen LogP contribution in [0.15, 0.2) is 77.8 Å². The Bertz CT molecular complexity index is 1220. The van der Waals surface area contributed by atoms with E-state index in [1.54, 1.807) is 13.2 Å². The van der Waals surface area contributed by atoms with Gasteiger partial charge in [0.15, 0.2) is 5.82 Å². The van der Waals surface area contributed by atoms with Crippen LogP contribution in [0.2, 0.25) is 5.02 Å². The second-order valence-electron chi connectivity index (χ2n) is 6.80. The van der Waals surface area contributed by atoms with Crippen molar-refractivity contribution >= 4 is 40.2 Å². The molecule has 156 valence electrons. The summed E-state index contributed by atoms with van der Waals surface area (Å²) in [6.45, 7) is 0.433. The Balaban J connectivity index is 1.51. The van der Waals surface area contributed by atoms with Gasteiger partial charge < -0.3 is 10.1 Å². The molecular weight excluding hydrogens is 430 g/mol. The zero-order chi connectivity index (χ0) is 21.6. The molecule has 1 N–H and O–H groups in total. The average molecular weight is 450 g/mol. The van der Waals surface area contributed by atoms with Gasteiger partial charge in [-0.1, -0.05) is 65.8 Å². The van der Waals surface area contributed by atoms with E-state index < -0.39 is 0 Å². The maximum atomic E-state index is 12.5. The number of methoxy groups -OCH3 is 1. The normalized spacial score (nSPS) is 10.8. The molecule has 7 heteroatoms. The molecule has 0 aliphatic carbocycles. The lowest BCUT2D eigenvalue weighted by Crippen LogP contribution is -2.24. The number of carbonyl (C=O) groups excluding carboxylic acids is 1. The average Bonchev–Trinajstić information content (AvgIpc) is 2.81. The first-order valence-corrected chi connectivity index (χ1v) is 11.0. The number of rotatable bonds is 7. The first kappa shape index (κ1) is 21.2. The number of nitrogens with one attached hydrogen (secondary N) is 1. The first-order chi connectivity index (χ1) is 15.1. The largest absolute Gasteiger partial charge is 0.497 e. The molecule has 0 bridgehead atoms. The van der Waals surface area contributed by atoms with Gasteiger partial charge in [0.05, 0.1) is 18.4 Å². The van der Waals surface area contributed by atoms with Crippen molar-refractivity contribution in [1.29, 1.82) is 0 Å². The maximum absolute atomic E-state index is 12.5. The molecule has 3 aromatic carbocycles. The molecule has 0 saturated carbocycles. The van der Waals surface area contributed by atoms with Crippen LogP contribution in [0.25, 0.3) is 22.3 Å². The Kier molecular flexibility index (Phi) is 6.70. The van der Waals surface area contributed by atoms with Crippen molar-refractivity contribution < 1.29 is 9.53 Å². The summed E-state index contributed by atoms with van der Waals surface area (Å²) in [5, 5.41) is 5.10. The van der Waals surface area contributed by atoms with E-state index in [2.05, 4.69) is 10.3 Å². The molecule has 1 aromatic heterocycles. The van der Waals surface area contributed by atoms with Crippen molar-refractivity contribution in [2.75, 3.05) is 12.9 Å². The van der Waals surface area contributed by atoms with E-state index in [-0.39, 0.29) is 11.7 Å². The van der Waals surface area contributed by atoms with Gasteiger partial charge in [0.2, 0.25) is 5.91 Å². The number of hydrogen-bond acceptors (Lipinski definition) is 5. The molecule has 31 heavy (non-hydrogen) atoms. The molecule has 0 radical (unpaired) electrons. The van der Waals surface area contributed by atoms with Gasteiger partial charge in [-0.15, -0.1) is 0 Å². The van der Waals surface area contributed by atoms with E-state index in [0.717, 1.165) is 32.8 Å². The summed E-state index contributed by atoms with van der Waals surface area (Å²) in [6.07, 6.45) is 0. The van der Waals surface area contributed by atoms with E-state index in [4.69, 9.17) is 21.3 Å². The maximum Gasteiger partial charge on any atom is 0.230 e. The van der Waals surface area contributed by atoms with Gasteiger partial charge in [0, 0.05) is 22.5 Å². The number of ether oxygens (including phenoxy) is 1. The molecule has 0 aliphatic heterocycles. The van der Waals surface area contributed by atoms with E-state index in [0.29, 0.717) is 17.4 Å². The quantitative estimate of drug-likeness (QED) is 0.303. The summed E-state index contributed by atoms with van der Waals surface area (Å²) in [4.78, 5) is 21.9. The van der Waals surface area contributed by atoms with Crippen LogP contribution in [0.3, 0.4) is 0 Å². The number of fused-ring (bicyclic) bond motifs is 1. The number of aromatic nitrogens is 2. The molecule has 1 heterocycles. The zero-order valence-corrected chi connectivity index (χ0v) is 18.4. The van der Waals surface area contributed by atoms with Gasteiger partial charge in [0.25, 0.3) is 0 Å². The van der Waals surface area contributed by atoms with Crippen LogP contribution in [0.1, 0.15) is 5.56 Å². The van der Waals surface area contributed by atoms with Gasteiger partial charge in [-0.25, -0.2) is 9.97 Å². The number of hydrogen-bond donors (Lipinski definition) is 1. The smallest absolute Gasteiger partial charge is 0.230 e. The Labute approximate surface area is 189 Å². The number of nitrogens with zero attached hydrogens (tertiary/aromatic N) is 2. The summed E-state index contributed by atoms with van der Waals surface area (Å²) in [7, 11) is 1.62. The molecular formula is C24H20ClN3O2S. The fourth-order valence-corrected chi connectivity index (χ4v) is 4.08. The molecule has 0 unspecified atom stereocenters. The number of thioether (sulfide) groups is 1. The molecule has 1 amide bonds. The Hall–Kier alpha value is -3.09. The van der Waals surface area contributed by atoms with Crippen LogP contribution in [0.4, 0.5) is 0 Å². The number of carbonyl (C=O) groups is 1. The highest BCUT2D eigenvalue weighted by atomic mass is 35.5. The van der Waals surface area contributed by atoms with Crippen LogP contribution >= 0.6 is 23.4 Å². The summed E-state index contributed by atoms with van der Waals surface area (Å²) in [6, 6.07) is 22.9. The van der Waals surface area contributed by atoms with Crippen LogP contribution in [-0.4, -0.2) is 28.7 Å². The van der Waals surface area contributed by atoms with Gasteiger partial charge in [-0.05, 0) is 35.9 Å². The van der Waals surface area contributed by atoms with Crippen LogP contribution in [-0.2, 0) is 11.3 Å². The van der Waals surface area contributed by atoms with E-state index in [1.807, 2.05) is 66.7 Å². The van der Waals surface area contributed by atoms with E-state index in [9.17, 15) is 4.79 Å². The number of halogens is 1. The summed E-state index contributed by atoms with van der Waals surface area (Å²) < 4.78 is 5.22. The second-order valence-corrected chi connectivity index (χ2v) is 8.20. The van der Waals surface area contributed by atoms with Crippen LogP contribution < -0.4 is 10.1 Å². The number of benzene rings is 3. The minimum absolute atomic E-state index is 0.0807. The second kappa shape index (κ2) is 9.81. The van der Waals surface area contributed by atoms with E-state index >= 15 is 0 Å². The monoisotopic (exact) mass is 449 g/mol. The van der Waals surface area contributed by atoms with Crippen molar-refractivity contribution in [2.24, 2.45) is 0 Å². The Morgan fingerprint density at radius 2 is 1.87 bits per heavy atom. The molecule has 0 atom stereocenters. The fourth-order valence-electron chi connectivity index (χ4n) is 3.07. The minimum Gasteiger partial charge on any atom is -0.497 e. The summed E-state index contributed by atoms with van der Waals surface area (Å²) >= 11 is 7.57. The molecule has 4 aromatic rings. The van der Waals surface area contributed by atoms with Crippen LogP contribution in [0, 0.1) is 0 Å². The topological polar surface area (TPSA) is 64.1 Å². The summed E-state index contributed by atoms with van der Waals surface area (Å²) in [5.74, 6) is 1.54. The Morgan fingerprint density at radius 1 is 1.03 bits per heavy atom. The molecule has 5 nitrogen and oxygen atoms in total. The predicted molar refractivity (Wildman–Crippen MR) is 126 cm³/mol. The first-order valence-electron chi connectivity index (χ1n) is 9.67. The lowest BCUT2D eigenvalue weighted by molar-refractivity contribution is -0.118. The highest BCUT2D eigenvalue weighted by molar-refractivity contribution is 8.00. The molecule has 4 rings (SSSR count). The SMILES string of the molecule is COc1cccc(CNC(=O)CSc2nc(-c3ccccc3)nc3ccc(Cl)cc23)c1. The lowest BCUT2D eigenvalue weighted by Gasteiger charge is -2.10. The zero-order valence-electron chi connectivity index (χ0n) is 16.8. The van der Waals surface area contributed by atoms with Crippen molar-refractivity contribution in [3.8, 4) is 17.1 Å². The number of amides is 1. The van der Waals surface area contributed by atoms with Gasteiger partial charge >= 0.3 is 0 Å². The Morgan fingerprint density at radius 3 is 2.68 bits per heavy atom. The third-order valence-electron chi connectivity index (χ3n) is 4.62. The van der Waals surface area contributed by atoms with Gasteiger partial charge in [0.1, 0.15) is 10.8 Å². The predicted octanol–water partition coefficient (Wildman–Crippen LogP) is 5.37. The third kappa shape index (κ3) is 5.34. The van der Waals surface area contributed by atoms with Gasteiger partial charge in [-0.3, -0.25) is 4.79 Å². The molecule has 0 fully saturated rings. The highest BCUT2D eigenvalue weighted by Gasteiger charge is 2.12. The van der Waals surface area contributed by atoms with Gasteiger partial charge in [-0.2, -0.15) is 0 Å². The summed E-state index contributed by atoms with van der Waals surface area (Å²) in [5.41, 5.74) is 2.68. The lowest BCUT2D eigenvalue weighted by atomic mass is 10.2. The van der Waals surface area contributed by atoms with Crippen LogP contribution in [0.5, 0.6) is 5.75 Å².